The molecule has 0 aliphatic carbocycles. The Bertz CT molecular complexity index is 843. The van der Waals surface area contributed by atoms with E-state index < -0.39 is 6.10 Å². The highest BCUT2D eigenvalue weighted by atomic mass is 35.5. The number of nitrogens with zero attached hydrogens (tertiary/aromatic N) is 1. The molecule has 3 rings (SSSR count). The van der Waals surface area contributed by atoms with E-state index in [1.54, 1.807) is 0 Å². The molecule has 1 atom stereocenters. The van der Waals surface area contributed by atoms with Gasteiger partial charge in [0.05, 0.1) is 11.6 Å². The van der Waals surface area contributed by atoms with Crippen LogP contribution >= 0.6 is 11.6 Å². The average Bonchev–Trinajstić information content (AvgIpc) is 2.56. The molecule has 0 aliphatic heterocycles. The highest BCUT2D eigenvalue weighted by Crippen LogP contribution is 2.29. The first kappa shape index (κ1) is 15.7. The summed E-state index contributed by atoms with van der Waals surface area (Å²) >= 11 is 6.27. The maximum Gasteiger partial charge on any atom is 0.135 e. The minimum Gasteiger partial charge on any atom is -0.388 e. The van der Waals surface area contributed by atoms with Crippen molar-refractivity contribution in [2.45, 2.75) is 19.4 Å². The van der Waals surface area contributed by atoms with Gasteiger partial charge >= 0.3 is 0 Å². The summed E-state index contributed by atoms with van der Waals surface area (Å²) in [4.78, 5) is 4.44. The molecule has 2 aromatic carbocycles. The van der Waals surface area contributed by atoms with Gasteiger partial charge in [-0.25, -0.2) is 4.98 Å². The Morgan fingerprint density at radius 1 is 1.13 bits per heavy atom. The zero-order chi connectivity index (χ0) is 16.2. The molecule has 3 aromatic rings. The lowest BCUT2D eigenvalue weighted by Crippen LogP contribution is -1.99. The lowest BCUT2D eigenvalue weighted by Gasteiger charge is -2.12. The largest absolute Gasteiger partial charge is 0.388 e. The fourth-order valence-electron chi connectivity index (χ4n) is 2.60. The van der Waals surface area contributed by atoms with Crippen molar-refractivity contribution in [3.8, 4) is 0 Å². The second-order valence-corrected chi connectivity index (χ2v) is 5.94. The highest BCUT2D eigenvalue weighted by Gasteiger charge is 2.13. The average molecular weight is 324 g/mol. The van der Waals surface area contributed by atoms with Crippen LogP contribution in [-0.4, -0.2) is 10.1 Å². The number of halogens is 1. The monoisotopic (exact) mass is 323 g/mol. The minimum absolute atomic E-state index is 0.368. The molecular weight excluding hydrogens is 306 g/mol. The summed E-state index contributed by atoms with van der Waals surface area (Å²) in [5.41, 5.74) is 3.74. The van der Waals surface area contributed by atoms with E-state index in [1.165, 1.54) is 0 Å². The SMILES string of the molecule is Cc1cccc2cc(C(O)C/C=C/c3ccccc3)c(Cl)nc12. The first-order chi connectivity index (χ1) is 11.1. The summed E-state index contributed by atoms with van der Waals surface area (Å²) in [6.45, 7) is 2.00. The molecule has 0 spiro atoms. The van der Waals surface area contributed by atoms with Gasteiger partial charge in [-0.3, -0.25) is 0 Å². The Labute approximate surface area is 141 Å². The first-order valence-corrected chi connectivity index (χ1v) is 7.98. The number of benzene rings is 2. The smallest absolute Gasteiger partial charge is 0.135 e. The van der Waals surface area contributed by atoms with Crippen molar-refractivity contribution < 1.29 is 5.11 Å². The van der Waals surface area contributed by atoms with Gasteiger partial charge in [0.1, 0.15) is 5.15 Å². The van der Waals surface area contributed by atoms with Crippen LogP contribution in [0.3, 0.4) is 0 Å². The zero-order valence-electron chi connectivity index (χ0n) is 12.9. The van der Waals surface area contributed by atoms with Gasteiger partial charge in [-0.15, -0.1) is 0 Å². The summed E-state index contributed by atoms with van der Waals surface area (Å²) in [7, 11) is 0. The highest BCUT2D eigenvalue weighted by molar-refractivity contribution is 6.30. The van der Waals surface area contributed by atoms with Crippen molar-refractivity contribution in [1.82, 2.24) is 4.98 Å². The van der Waals surface area contributed by atoms with E-state index in [2.05, 4.69) is 4.98 Å². The van der Waals surface area contributed by atoms with E-state index in [1.807, 2.05) is 73.7 Å². The summed E-state index contributed by atoms with van der Waals surface area (Å²) < 4.78 is 0. The molecule has 1 unspecified atom stereocenters. The molecule has 0 radical (unpaired) electrons. The van der Waals surface area contributed by atoms with Crippen LogP contribution in [0.15, 0.2) is 60.7 Å². The summed E-state index contributed by atoms with van der Waals surface area (Å²) in [5.74, 6) is 0. The fraction of sp³-hybridized carbons (Fsp3) is 0.150. The number of hydrogen-bond acceptors (Lipinski definition) is 2. The second-order valence-electron chi connectivity index (χ2n) is 5.58. The van der Waals surface area contributed by atoms with Crippen LogP contribution in [0.25, 0.3) is 17.0 Å². The molecule has 23 heavy (non-hydrogen) atoms. The van der Waals surface area contributed by atoms with Crippen molar-refractivity contribution in [2.75, 3.05) is 0 Å². The molecule has 1 aromatic heterocycles. The van der Waals surface area contributed by atoms with Crippen molar-refractivity contribution in [3.05, 3.63) is 82.5 Å². The number of para-hydroxylation sites is 1. The topological polar surface area (TPSA) is 33.1 Å². The first-order valence-electron chi connectivity index (χ1n) is 7.60. The second kappa shape index (κ2) is 6.95. The third-order valence-electron chi connectivity index (χ3n) is 3.86. The van der Waals surface area contributed by atoms with Crippen LogP contribution in [0.4, 0.5) is 0 Å². The van der Waals surface area contributed by atoms with E-state index >= 15 is 0 Å². The Balaban J connectivity index is 1.82. The Kier molecular flexibility index (Phi) is 4.75. The molecule has 0 bridgehead atoms. The lowest BCUT2D eigenvalue weighted by atomic mass is 10.0. The molecule has 0 aliphatic rings. The summed E-state index contributed by atoms with van der Waals surface area (Å²) in [5, 5.41) is 11.8. The van der Waals surface area contributed by atoms with Gasteiger partial charge in [0.15, 0.2) is 0 Å². The Morgan fingerprint density at radius 3 is 2.70 bits per heavy atom. The zero-order valence-corrected chi connectivity index (χ0v) is 13.7. The van der Waals surface area contributed by atoms with Crippen LogP contribution in [0.5, 0.6) is 0 Å². The van der Waals surface area contributed by atoms with Gasteiger partial charge in [-0.1, -0.05) is 72.3 Å². The Morgan fingerprint density at radius 2 is 1.91 bits per heavy atom. The van der Waals surface area contributed by atoms with Crippen molar-refractivity contribution in [1.29, 1.82) is 0 Å². The Hall–Kier alpha value is -2.16. The summed E-state index contributed by atoms with van der Waals surface area (Å²) in [6.07, 6.45) is 3.78. The molecule has 0 fully saturated rings. The summed E-state index contributed by atoms with van der Waals surface area (Å²) in [6, 6.07) is 17.9. The quantitative estimate of drug-likeness (QED) is 0.658. The van der Waals surface area contributed by atoms with Crippen LogP contribution in [0.1, 0.15) is 29.2 Å². The number of aryl methyl sites for hydroxylation is 1. The third-order valence-corrected chi connectivity index (χ3v) is 4.16. The van der Waals surface area contributed by atoms with Gasteiger partial charge in [-0.05, 0) is 30.5 Å². The molecule has 3 heteroatoms. The fourth-order valence-corrected chi connectivity index (χ4v) is 2.86. The van der Waals surface area contributed by atoms with Gasteiger partial charge in [-0.2, -0.15) is 0 Å². The number of aliphatic hydroxyl groups is 1. The van der Waals surface area contributed by atoms with Gasteiger partial charge in [0, 0.05) is 10.9 Å². The molecule has 0 saturated heterocycles. The van der Waals surface area contributed by atoms with E-state index in [4.69, 9.17) is 11.6 Å². The molecular formula is C20H18ClNO. The predicted octanol–water partition coefficient (Wildman–Crippen LogP) is 5.33. The van der Waals surface area contributed by atoms with E-state index in [0.717, 1.165) is 22.0 Å². The van der Waals surface area contributed by atoms with Crippen molar-refractivity contribution >= 4 is 28.6 Å². The molecule has 1 heterocycles. The van der Waals surface area contributed by atoms with Crippen LogP contribution in [0.2, 0.25) is 5.15 Å². The van der Waals surface area contributed by atoms with Crippen LogP contribution in [-0.2, 0) is 0 Å². The maximum atomic E-state index is 10.4. The molecule has 1 N–H and O–H groups in total. The van der Waals surface area contributed by atoms with Crippen molar-refractivity contribution in [2.24, 2.45) is 0 Å². The lowest BCUT2D eigenvalue weighted by molar-refractivity contribution is 0.181. The van der Waals surface area contributed by atoms with Crippen LogP contribution in [0, 0.1) is 6.92 Å². The predicted molar refractivity (Wildman–Crippen MR) is 96.5 cm³/mol. The molecule has 0 amide bonds. The van der Waals surface area contributed by atoms with E-state index in [9.17, 15) is 5.11 Å². The third kappa shape index (κ3) is 3.61. The number of rotatable bonds is 4. The van der Waals surface area contributed by atoms with Crippen LogP contribution < -0.4 is 0 Å². The number of aromatic nitrogens is 1. The number of pyridine rings is 1. The normalized spacial score (nSPS) is 12.8. The number of hydrogen-bond donors (Lipinski definition) is 1. The number of aliphatic hydroxyl groups excluding tert-OH is 1. The number of fused-ring (bicyclic) bond motifs is 1. The van der Waals surface area contributed by atoms with E-state index in [0.29, 0.717) is 17.1 Å². The van der Waals surface area contributed by atoms with Gasteiger partial charge in [0.2, 0.25) is 0 Å². The van der Waals surface area contributed by atoms with Crippen molar-refractivity contribution in [3.63, 3.8) is 0 Å². The minimum atomic E-state index is -0.667. The maximum absolute atomic E-state index is 10.4. The molecule has 0 saturated carbocycles. The van der Waals surface area contributed by atoms with E-state index in [-0.39, 0.29) is 0 Å². The molecule has 116 valence electrons. The van der Waals surface area contributed by atoms with Gasteiger partial charge < -0.3 is 5.11 Å². The standard InChI is InChI=1S/C20H18ClNO/c1-14-7-5-11-16-13-17(20(21)22-19(14)16)18(23)12-6-10-15-8-3-2-4-9-15/h2-11,13,18,23H,12H2,1H3/b10-6+. The molecule has 2 nitrogen and oxygen atoms in total. The van der Waals surface area contributed by atoms with Gasteiger partial charge in [0.25, 0.3) is 0 Å².